The van der Waals surface area contributed by atoms with Crippen molar-refractivity contribution < 1.29 is 4.74 Å². The van der Waals surface area contributed by atoms with E-state index in [1.807, 2.05) is 23.5 Å². The summed E-state index contributed by atoms with van der Waals surface area (Å²) in [5, 5.41) is 4.75. The third kappa shape index (κ3) is 2.47. The van der Waals surface area contributed by atoms with Gasteiger partial charge in [-0.25, -0.2) is 4.98 Å². The minimum absolute atomic E-state index is 0.213. The van der Waals surface area contributed by atoms with Crippen LogP contribution in [0.25, 0.3) is 10.1 Å². The summed E-state index contributed by atoms with van der Waals surface area (Å²) in [6.07, 6.45) is 1.73. The number of methoxy groups -OCH3 is 1. The first-order chi connectivity index (χ1) is 9.78. The van der Waals surface area contributed by atoms with E-state index >= 15 is 0 Å². The molecule has 0 radical (unpaired) electrons. The standard InChI is InChI=1S/C16H16N2OS/c1-11(18-13-7-5-9-17-16(13)19-2)15-10-12-6-3-4-8-14(12)20-15/h3-11,18H,1-2H3. The molecule has 3 nitrogen and oxygen atoms in total. The largest absolute Gasteiger partial charge is 0.480 e. The lowest BCUT2D eigenvalue weighted by molar-refractivity contribution is 0.399. The highest BCUT2D eigenvalue weighted by molar-refractivity contribution is 7.19. The van der Waals surface area contributed by atoms with Gasteiger partial charge in [0.2, 0.25) is 5.88 Å². The molecule has 4 heteroatoms. The van der Waals surface area contributed by atoms with Crippen LogP contribution in [0.5, 0.6) is 5.88 Å². The molecule has 3 aromatic rings. The van der Waals surface area contributed by atoms with Gasteiger partial charge < -0.3 is 10.1 Å². The number of aromatic nitrogens is 1. The summed E-state index contributed by atoms with van der Waals surface area (Å²) in [7, 11) is 1.64. The van der Waals surface area contributed by atoms with E-state index in [9.17, 15) is 0 Å². The number of benzene rings is 1. The van der Waals surface area contributed by atoms with Gasteiger partial charge in [0, 0.05) is 15.8 Å². The highest BCUT2D eigenvalue weighted by atomic mass is 32.1. The molecule has 2 aromatic heterocycles. The molecule has 0 aliphatic rings. The van der Waals surface area contributed by atoms with E-state index in [-0.39, 0.29) is 6.04 Å². The van der Waals surface area contributed by atoms with Crippen molar-refractivity contribution in [3.63, 3.8) is 0 Å². The normalized spacial score (nSPS) is 12.3. The van der Waals surface area contributed by atoms with Crippen molar-refractivity contribution in [3.05, 3.63) is 53.5 Å². The van der Waals surface area contributed by atoms with E-state index in [1.54, 1.807) is 13.3 Å². The zero-order valence-electron chi connectivity index (χ0n) is 11.5. The SMILES string of the molecule is COc1ncccc1NC(C)c1cc2ccccc2s1. The van der Waals surface area contributed by atoms with Crippen molar-refractivity contribution >= 4 is 27.1 Å². The zero-order chi connectivity index (χ0) is 13.9. The van der Waals surface area contributed by atoms with Gasteiger partial charge in [-0.05, 0) is 36.6 Å². The Kier molecular flexibility index (Phi) is 3.56. The number of nitrogens with zero attached hydrogens (tertiary/aromatic N) is 1. The van der Waals surface area contributed by atoms with Gasteiger partial charge in [0.25, 0.3) is 0 Å². The number of nitrogens with one attached hydrogen (secondary N) is 1. The number of thiophene rings is 1. The molecule has 1 N–H and O–H groups in total. The van der Waals surface area contributed by atoms with Crippen LogP contribution in [0, 0.1) is 0 Å². The molecule has 0 aliphatic carbocycles. The van der Waals surface area contributed by atoms with Crippen molar-refractivity contribution in [1.82, 2.24) is 4.98 Å². The van der Waals surface area contributed by atoms with Crippen molar-refractivity contribution in [2.45, 2.75) is 13.0 Å². The first-order valence-electron chi connectivity index (χ1n) is 6.52. The molecule has 1 atom stereocenters. The number of hydrogen-bond acceptors (Lipinski definition) is 4. The number of ether oxygens (including phenoxy) is 1. The van der Waals surface area contributed by atoms with Gasteiger partial charge in [-0.3, -0.25) is 0 Å². The van der Waals surface area contributed by atoms with Crippen LogP contribution < -0.4 is 10.1 Å². The maximum Gasteiger partial charge on any atom is 0.237 e. The number of rotatable bonds is 4. The topological polar surface area (TPSA) is 34.1 Å². The molecular formula is C16H16N2OS. The van der Waals surface area contributed by atoms with E-state index in [2.05, 4.69) is 47.6 Å². The third-order valence-electron chi connectivity index (χ3n) is 3.21. The minimum atomic E-state index is 0.213. The number of anilines is 1. The number of pyridine rings is 1. The fourth-order valence-corrected chi connectivity index (χ4v) is 3.25. The Labute approximate surface area is 122 Å². The number of fused-ring (bicyclic) bond motifs is 1. The van der Waals surface area contributed by atoms with Crippen LogP contribution in [-0.4, -0.2) is 12.1 Å². The zero-order valence-corrected chi connectivity index (χ0v) is 12.3. The van der Waals surface area contributed by atoms with E-state index in [0.29, 0.717) is 5.88 Å². The Morgan fingerprint density at radius 3 is 2.85 bits per heavy atom. The lowest BCUT2D eigenvalue weighted by atomic mass is 10.2. The summed E-state index contributed by atoms with van der Waals surface area (Å²) in [4.78, 5) is 5.51. The average molecular weight is 284 g/mol. The molecule has 0 aliphatic heterocycles. The Morgan fingerprint density at radius 1 is 1.20 bits per heavy atom. The molecule has 0 fully saturated rings. The summed E-state index contributed by atoms with van der Waals surface area (Å²) >= 11 is 1.81. The van der Waals surface area contributed by atoms with E-state index in [1.165, 1.54) is 15.0 Å². The van der Waals surface area contributed by atoms with Crippen LogP contribution in [0.4, 0.5) is 5.69 Å². The van der Waals surface area contributed by atoms with Gasteiger partial charge in [0.15, 0.2) is 0 Å². The quantitative estimate of drug-likeness (QED) is 0.767. The lowest BCUT2D eigenvalue weighted by Gasteiger charge is -2.15. The highest BCUT2D eigenvalue weighted by Gasteiger charge is 2.12. The monoisotopic (exact) mass is 284 g/mol. The van der Waals surface area contributed by atoms with Crippen LogP contribution in [0.15, 0.2) is 48.7 Å². The smallest absolute Gasteiger partial charge is 0.237 e. The van der Waals surface area contributed by atoms with Crippen molar-refractivity contribution in [3.8, 4) is 5.88 Å². The van der Waals surface area contributed by atoms with Gasteiger partial charge in [0.05, 0.1) is 18.8 Å². The molecule has 0 spiro atoms. The Morgan fingerprint density at radius 2 is 2.05 bits per heavy atom. The van der Waals surface area contributed by atoms with Crippen LogP contribution in [0.1, 0.15) is 17.8 Å². The molecule has 0 amide bonds. The van der Waals surface area contributed by atoms with Crippen LogP contribution in [-0.2, 0) is 0 Å². The van der Waals surface area contributed by atoms with Gasteiger partial charge in [0.1, 0.15) is 0 Å². The molecule has 3 rings (SSSR count). The molecule has 0 saturated carbocycles. The Balaban J connectivity index is 1.87. The minimum Gasteiger partial charge on any atom is -0.480 e. The van der Waals surface area contributed by atoms with Crippen LogP contribution >= 0.6 is 11.3 Å². The second-order valence-corrected chi connectivity index (χ2v) is 5.73. The summed E-state index contributed by atoms with van der Waals surface area (Å²) in [5.41, 5.74) is 0.917. The third-order valence-corrected chi connectivity index (χ3v) is 4.51. The van der Waals surface area contributed by atoms with E-state index < -0.39 is 0 Å². The number of hydrogen-bond donors (Lipinski definition) is 1. The molecule has 0 bridgehead atoms. The summed E-state index contributed by atoms with van der Waals surface area (Å²) in [6, 6.07) is 14.8. The molecule has 2 heterocycles. The summed E-state index contributed by atoms with van der Waals surface area (Å²) < 4.78 is 6.58. The predicted octanol–water partition coefficient (Wildman–Crippen LogP) is 4.48. The first kappa shape index (κ1) is 12.9. The Bertz CT molecular complexity index is 690. The van der Waals surface area contributed by atoms with Crippen molar-refractivity contribution in [1.29, 1.82) is 0 Å². The average Bonchev–Trinajstić information content (AvgIpc) is 2.92. The van der Waals surface area contributed by atoms with Gasteiger partial charge in [-0.1, -0.05) is 18.2 Å². The second kappa shape index (κ2) is 5.51. The second-order valence-electron chi connectivity index (χ2n) is 4.61. The predicted molar refractivity (Wildman–Crippen MR) is 84.7 cm³/mol. The van der Waals surface area contributed by atoms with E-state index in [0.717, 1.165) is 5.69 Å². The Hall–Kier alpha value is -2.07. The summed E-state index contributed by atoms with van der Waals surface area (Å²) in [6.45, 7) is 2.15. The molecule has 0 saturated heterocycles. The maximum absolute atomic E-state index is 5.27. The fraction of sp³-hybridized carbons (Fsp3) is 0.188. The maximum atomic E-state index is 5.27. The first-order valence-corrected chi connectivity index (χ1v) is 7.33. The summed E-state index contributed by atoms with van der Waals surface area (Å²) in [5.74, 6) is 0.625. The molecule has 1 aromatic carbocycles. The lowest BCUT2D eigenvalue weighted by Crippen LogP contribution is -2.06. The van der Waals surface area contributed by atoms with Crippen molar-refractivity contribution in [2.24, 2.45) is 0 Å². The van der Waals surface area contributed by atoms with Crippen molar-refractivity contribution in [2.75, 3.05) is 12.4 Å². The molecule has 20 heavy (non-hydrogen) atoms. The molecule has 1 unspecified atom stereocenters. The van der Waals surface area contributed by atoms with Gasteiger partial charge in [-0.2, -0.15) is 0 Å². The molecular weight excluding hydrogens is 268 g/mol. The van der Waals surface area contributed by atoms with Gasteiger partial charge in [-0.15, -0.1) is 11.3 Å². The highest BCUT2D eigenvalue weighted by Crippen LogP contribution is 2.32. The van der Waals surface area contributed by atoms with Crippen LogP contribution in [0.2, 0.25) is 0 Å². The van der Waals surface area contributed by atoms with Crippen LogP contribution in [0.3, 0.4) is 0 Å². The molecule has 102 valence electrons. The fourth-order valence-electron chi connectivity index (χ4n) is 2.18. The van der Waals surface area contributed by atoms with E-state index in [4.69, 9.17) is 4.74 Å². The van der Waals surface area contributed by atoms with Gasteiger partial charge >= 0.3 is 0 Å².